The summed E-state index contributed by atoms with van der Waals surface area (Å²) >= 11 is 0. The van der Waals surface area contributed by atoms with Crippen molar-refractivity contribution < 1.29 is 34.0 Å². The van der Waals surface area contributed by atoms with Gasteiger partial charge in [-0.15, -0.1) is 0 Å². The van der Waals surface area contributed by atoms with Crippen molar-refractivity contribution in [3.05, 3.63) is 77.1 Å². The number of esters is 1. The van der Waals surface area contributed by atoms with E-state index in [9.17, 15) is 20.1 Å². The minimum Gasteiger partial charge on any atom is -0.507 e. The van der Waals surface area contributed by atoms with E-state index in [2.05, 4.69) is 18.8 Å². The number of hydrogen-bond donors (Lipinski definition) is 3. The van der Waals surface area contributed by atoms with Gasteiger partial charge in [-0.05, 0) is 36.0 Å². The molecule has 0 saturated carbocycles. The molecule has 0 saturated heterocycles. The number of methoxy groups -OCH3 is 1. The lowest BCUT2D eigenvalue weighted by Crippen LogP contribution is -2.31. The van der Waals surface area contributed by atoms with Crippen molar-refractivity contribution in [3.8, 4) is 5.75 Å². The number of oxazole rings is 1. The number of ether oxygens (including phenoxy) is 2. The third-order valence-electron chi connectivity index (χ3n) is 7.85. The van der Waals surface area contributed by atoms with E-state index in [1.807, 2.05) is 56.4 Å². The Hall–Kier alpha value is -3.20. The van der Waals surface area contributed by atoms with Gasteiger partial charge in [0.25, 0.3) is 0 Å². The number of nitrogens with zero attached hydrogens (tertiary/aromatic N) is 1. The van der Waals surface area contributed by atoms with Crippen molar-refractivity contribution in [3.63, 3.8) is 0 Å². The number of cyclic esters (lactones) is 1. The van der Waals surface area contributed by atoms with Gasteiger partial charge in [0.1, 0.15) is 29.4 Å². The molecule has 0 spiro atoms. The van der Waals surface area contributed by atoms with Crippen LogP contribution >= 0.6 is 0 Å². The largest absolute Gasteiger partial charge is 0.507 e. The highest BCUT2D eigenvalue weighted by molar-refractivity contribution is 5.95. The SMILES string of the molecule is CCC(C)Cc1ccc2c(c1O)C(=O)OC(CC(\C=C/C=C\C=C\c1coc(CC(O)C(C)C(O)CC)n1)OC)C2. The fraction of sp³-hybridized carbons (Fsp3) is 0.515. The monoisotopic (exact) mass is 567 g/mol. The molecule has 1 aromatic heterocycles. The quantitative estimate of drug-likeness (QED) is 0.188. The van der Waals surface area contributed by atoms with Crippen LogP contribution in [0.25, 0.3) is 6.08 Å². The maximum atomic E-state index is 12.8. The van der Waals surface area contributed by atoms with Crippen LogP contribution in [0.1, 0.15) is 80.0 Å². The first kappa shape index (κ1) is 32.3. The van der Waals surface area contributed by atoms with Crippen LogP contribution in [-0.2, 0) is 28.7 Å². The molecule has 3 N–H and O–H groups in total. The van der Waals surface area contributed by atoms with E-state index in [-0.39, 0.29) is 30.3 Å². The number of aromatic hydroxyl groups is 1. The van der Waals surface area contributed by atoms with E-state index >= 15 is 0 Å². The lowest BCUT2D eigenvalue weighted by molar-refractivity contribution is 0.00928. The van der Waals surface area contributed by atoms with Crippen LogP contribution in [0.4, 0.5) is 0 Å². The molecule has 2 heterocycles. The standard InChI is InChI=1S/C33H45NO7/c1-6-21(3)16-24-15-14-23-17-27(41-33(38)31(23)32(24)37)18-26(39-5)13-11-9-8-10-12-25-20-40-30(34-25)19-29(36)22(4)28(35)7-2/h8-15,20-22,26-29,35-37H,6-7,16-19H2,1-5H3/b9-8-,12-10+,13-11-. The fourth-order valence-corrected chi connectivity index (χ4v) is 4.86. The summed E-state index contributed by atoms with van der Waals surface area (Å²) in [7, 11) is 1.62. The molecule has 6 atom stereocenters. The summed E-state index contributed by atoms with van der Waals surface area (Å²) in [6.07, 6.45) is 14.3. The smallest absolute Gasteiger partial charge is 0.342 e. The molecule has 1 aliphatic rings. The van der Waals surface area contributed by atoms with Crippen LogP contribution in [0.5, 0.6) is 5.75 Å². The molecular formula is C33H45NO7. The number of carbonyl (C=O) groups excluding carboxylic acids is 1. The molecule has 8 nitrogen and oxygen atoms in total. The van der Waals surface area contributed by atoms with Crippen LogP contribution in [-0.4, -0.2) is 57.8 Å². The average molecular weight is 568 g/mol. The number of fused-ring (bicyclic) bond motifs is 1. The maximum absolute atomic E-state index is 12.8. The number of carbonyl (C=O) groups is 1. The third kappa shape index (κ3) is 9.15. The Morgan fingerprint density at radius 3 is 2.54 bits per heavy atom. The van der Waals surface area contributed by atoms with Crippen molar-refractivity contribution in [2.45, 2.75) is 90.6 Å². The summed E-state index contributed by atoms with van der Waals surface area (Å²) in [5.41, 5.74) is 2.52. The Labute approximate surface area is 243 Å². The first-order valence-corrected chi connectivity index (χ1v) is 14.6. The number of allylic oxidation sites excluding steroid dienone is 4. The molecule has 0 fully saturated rings. The van der Waals surface area contributed by atoms with Crippen LogP contribution in [0.15, 0.2) is 53.2 Å². The number of aromatic nitrogens is 1. The van der Waals surface area contributed by atoms with Crippen molar-refractivity contribution >= 4 is 12.0 Å². The van der Waals surface area contributed by atoms with Crippen molar-refractivity contribution in [2.75, 3.05) is 7.11 Å². The lowest BCUT2D eigenvalue weighted by Gasteiger charge is -2.28. The predicted molar refractivity (Wildman–Crippen MR) is 159 cm³/mol. The molecule has 3 rings (SSSR count). The lowest BCUT2D eigenvalue weighted by atomic mass is 9.90. The average Bonchev–Trinajstić information content (AvgIpc) is 3.41. The van der Waals surface area contributed by atoms with Crippen molar-refractivity contribution in [1.29, 1.82) is 0 Å². The molecular weight excluding hydrogens is 522 g/mol. The Kier molecular flexibility index (Phi) is 12.4. The van der Waals surface area contributed by atoms with Crippen LogP contribution in [0.2, 0.25) is 0 Å². The summed E-state index contributed by atoms with van der Waals surface area (Å²) in [6, 6.07) is 3.86. The molecule has 2 aromatic rings. The second-order valence-electron chi connectivity index (χ2n) is 11.0. The van der Waals surface area contributed by atoms with Crippen LogP contribution in [0.3, 0.4) is 0 Å². The summed E-state index contributed by atoms with van der Waals surface area (Å²) in [4.78, 5) is 17.1. The van der Waals surface area contributed by atoms with E-state index in [4.69, 9.17) is 13.9 Å². The first-order valence-electron chi connectivity index (χ1n) is 14.6. The Morgan fingerprint density at radius 1 is 1.07 bits per heavy atom. The number of aliphatic hydroxyl groups is 2. The van der Waals surface area contributed by atoms with Gasteiger partial charge in [0.05, 0.1) is 24.7 Å². The summed E-state index contributed by atoms with van der Waals surface area (Å²) in [5.74, 6) is 0.141. The highest BCUT2D eigenvalue weighted by atomic mass is 16.5. The number of phenolic OH excluding ortho intramolecular Hbond substituents is 1. The van der Waals surface area contributed by atoms with E-state index in [0.717, 1.165) is 24.0 Å². The molecule has 6 unspecified atom stereocenters. The van der Waals surface area contributed by atoms with Gasteiger partial charge in [-0.1, -0.05) is 76.6 Å². The summed E-state index contributed by atoms with van der Waals surface area (Å²) < 4.78 is 16.7. The van der Waals surface area contributed by atoms with Gasteiger partial charge in [0, 0.05) is 25.9 Å². The van der Waals surface area contributed by atoms with E-state index in [1.165, 1.54) is 6.26 Å². The van der Waals surface area contributed by atoms with Gasteiger partial charge in [-0.2, -0.15) is 0 Å². The zero-order valence-corrected chi connectivity index (χ0v) is 24.8. The molecule has 0 bridgehead atoms. The van der Waals surface area contributed by atoms with E-state index < -0.39 is 18.2 Å². The van der Waals surface area contributed by atoms with Gasteiger partial charge in [0.2, 0.25) is 0 Å². The molecule has 0 amide bonds. The van der Waals surface area contributed by atoms with Crippen molar-refractivity contribution in [1.82, 2.24) is 4.98 Å². The first-order chi connectivity index (χ1) is 19.7. The van der Waals surface area contributed by atoms with Gasteiger partial charge in [0.15, 0.2) is 5.89 Å². The fourth-order valence-electron chi connectivity index (χ4n) is 4.86. The number of phenols is 1. The van der Waals surface area contributed by atoms with Gasteiger partial charge in [-0.3, -0.25) is 0 Å². The van der Waals surface area contributed by atoms with E-state index in [0.29, 0.717) is 42.3 Å². The zero-order chi connectivity index (χ0) is 29.9. The second-order valence-corrected chi connectivity index (χ2v) is 11.0. The highest BCUT2D eigenvalue weighted by Crippen LogP contribution is 2.34. The molecule has 1 aromatic carbocycles. The number of benzene rings is 1. The number of hydrogen-bond acceptors (Lipinski definition) is 8. The molecule has 8 heteroatoms. The summed E-state index contributed by atoms with van der Waals surface area (Å²) in [6.45, 7) is 7.92. The number of aliphatic hydroxyl groups excluding tert-OH is 2. The highest BCUT2D eigenvalue weighted by Gasteiger charge is 2.31. The molecule has 1 aliphatic heterocycles. The van der Waals surface area contributed by atoms with E-state index in [1.54, 1.807) is 13.2 Å². The third-order valence-corrected chi connectivity index (χ3v) is 7.85. The van der Waals surface area contributed by atoms with Gasteiger partial charge < -0.3 is 29.2 Å². The Bertz CT molecular complexity index is 1210. The topological polar surface area (TPSA) is 122 Å². The van der Waals surface area contributed by atoms with Crippen molar-refractivity contribution in [2.24, 2.45) is 11.8 Å². The second kappa shape index (κ2) is 15.7. The van der Waals surface area contributed by atoms with Crippen LogP contribution in [0, 0.1) is 11.8 Å². The van der Waals surface area contributed by atoms with Crippen LogP contribution < -0.4 is 0 Å². The molecule has 224 valence electrons. The maximum Gasteiger partial charge on any atom is 0.342 e. The number of rotatable bonds is 15. The Balaban J connectivity index is 1.51. The summed E-state index contributed by atoms with van der Waals surface area (Å²) in [5, 5.41) is 30.9. The predicted octanol–water partition coefficient (Wildman–Crippen LogP) is 5.59. The van der Waals surface area contributed by atoms with Gasteiger partial charge in [-0.25, -0.2) is 9.78 Å². The zero-order valence-electron chi connectivity index (χ0n) is 24.8. The van der Waals surface area contributed by atoms with Gasteiger partial charge >= 0.3 is 5.97 Å². The molecule has 0 aliphatic carbocycles. The normalized spacial score (nSPS) is 19.4. The Morgan fingerprint density at radius 2 is 1.83 bits per heavy atom. The minimum atomic E-state index is -0.731. The molecule has 41 heavy (non-hydrogen) atoms. The minimum absolute atomic E-state index is 0.0495. The molecule has 0 radical (unpaired) electrons.